The first-order valence-corrected chi connectivity index (χ1v) is 6.40. The molecule has 1 saturated carbocycles. The molecule has 1 aliphatic carbocycles. The Hall–Kier alpha value is -0.120. The molecule has 0 spiro atoms. The van der Waals surface area contributed by atoms with Crippen LogP contribution >= 0.6 is 0 Å². The zero-order valence-corrected chi connectivity index (χ0v) is 10.0. The molecule has 1 saturated heterocycles. The minimum atomic E-state index is 0.361. The monoisotopic (exact) mass is 211 g/mol. The lowest BCUT2D eigenvalue weighted by Gasteiger charge is -2.49. The number of hydrogen-bond donors (Lipinski definition) is 1. The van der Waals surface area contributed by atoms with Crippen LogP contribution in [0.4, 0.5) is 0 Å². The fourth-order valence-electron chi connectivity index (χ4n) is 3.14. The molecule has 0 amide bonds. The van der Waals surface area contributed by atoms with Gasteiger partial charge in [0.2, 0.25) is 0 Å². The summed E-state index contributed by atoms with van der Waals surface area (Å²) in [6, 6.07) is 0. The average molecular weight is 211 g/mol. The molecule has 0 bridgehead atoms. The van der Waals surface area contributed by atoms with E-state index in [4.69, 9.17) is 5.73 Å². The molecule has 3 heteroatoms. The van der Waals surface area contributed by atoms with Crippen molar-refractivity contribution < 1.29 is 0 Å². The first-order chi connectivity index (χ1) is 7.27. The van der Waals surface area contributed by atoms with E-state index in [0.29, 0.717) is 5.54 Å². The van der Waals surface area contributed by atoms with Gasteiger partial charge < -0.3 is 10.6 Å². The third-order valence-corrected chi connectivity index (χ3v) is 4.34. The molecule has 0 unspecified atom stereocenters. The first kappa shape index (κ1) is 11.4. The average Bonchev–Trinajstić information content (AvgIpc) is 2.31. The van der Waals surface area contributed by atoms with E-state index < -0.39 is 0 Å². The van der Waals surface area contributed by atoms with Gasteiger partial charge in [0.1, 0.15) is 0 Å². The molecule has 3 nitrogen and oxygen atoms in total. The largest absolute Gasteiger partial charge is 0.329 e. The summed E-state index contributed by atoms with van der Waals surface area (Å²) in [5.74, 6) is 0. The second-order valence-electron chi connectivity index (χ2n) is 5.28. The highest BCUT2D eigenvalue weighted by Gasteiger charge is 2.37. The van der Waals surface area contributed by atoms with Crippen molar-refractivity contribution in [2.24, 2.45) is 5.73 Å². The van der Waals surface area contributed by atoms with Crippen molar-refractivity contribution in [2.45, 2.75) is 37.6 Å². The predicted octanol–water partition coefficient (Wildman–Crippen LogP) is 0.895. The molecular weight excluding hydrogens is 186 g/mol. The summed E-state index contributed by atoms with van der Waals surface area (Å²) in [5, 5.41) is 0. The molecular formula is C12H25N3. The van der Waals surface area contributed by atoms with Crippen molar-refractivity contribution in [1.29, 1.82) is 0 Å². The third-order valence-electron chi connectivity index (χ3n) is 4.34. The summed E-state index contributed by atoms with van der Waals surface area (Å²) >= 11 is 0. The van der Waals surface area contributed by atoms with Gasteiger partial charge in [-0.15, -0.1) is 0 Å². The van der Waals surface area contributed by atoms with E-state index in [2.05, 4.69) is 16.8 Å². The van der Waals surface area contributed by atoms with Gasteiger partial charge in [-0.25, -0.2) is 0 Å². The van der Waals surface area contributed by atoms with Gasteiger partial charge >= 0.3 is 0 Å². The Bertz CT molecular complexity index is 191. The smallest absolute Gasteiger partial charge is 0.0332 e. The van der Waals surface area contributed by atoms with E-state index in [0.717, 1.165) is 6.54 Å². The maximum atomic E-state index is 6.05. The Kier molecular flexibility index (Phi) is 3.65. The zero-order chi connectivity index (χ0) is 10.7. The Morgan fingerprint density at radius 2 is 1.60 bits per heavy atom. The highest BCUT2D eigenvalue weighted by molar-refractivity contribution is 4.95. The fraction of sp³-hybridized carbons (Fsp3) is 1.00. The Morgan fingerprint density at radius 3 is 2.13 bits per heavy atom. The van der Waals surface area contributed by atoms with Gasteiger partial charge in [-0.1, -0.05) is 19.3 Å². The second kappa shape index (κ2) is 4.81. The van der Waals surface area contributed by atoms with Gasteiger partial charge in [0, 0.05) is 38.3 Å². The highest BCUT2D eigenvalue weighted by atomic mass is 15.3. The van der Waals surface area contributed by atoms with Gasteiger partial charge in [0.15, 0.2) is 0 Å². The van der Waals surface area contributed by atoms with Crippen molar-refractivity contribution in [3.8, 4) is 0 Å². The zero-order valence-electron chi connectivity index (χ0n) is 10.0. The molecule has 2 rings (SSSR count). The number of nitrogens with two attached hydrogens (primary N) is 1. The van der Waals surface area contributed by atoms with Crippen LogP contribution in [0.15, 0.2) is 0 Å². The number of nitrogens with zero attached hydrogens (tertiary/aromatic N) is 2. The lowest BCUT2D eigenvalue weighted by Crippen LogP contribution is -2.60. The van der Waals surface area contributed by atoms with Crippen molar-refractivity contribution in [1.82, 2.24) is 9.80 Å². The molecule has 0 radical (unpaired) electrons. The molecule has 0 aromatic heterocycles. The Morgan fingerprint density at radius 1 is 1.00 bits per heavy atom. The van der Waals surface area contributed by atoms with E-state index in [1.54, 1.807) is 0 Å². The second-order valence-corrected chi connectivity index (χ2v) is 5.28. The van der Waals surface area contributed by atoms with Crippen LogP contribution in [0.2, 0.25) is 0 Å². The number of piperazine rings is 1. The van der Waals surface area contributed by atoms with E-state index in [-0.39, 0.29) is 0 Å². The summed E-state index contributed by atoms with van der Waals surface area (Å²) in [4.78, 5) is 5.09. The van der Waals surface area contributed by atoms with E-state index in [1.807, 2.05) is 0 Å². The molecule has 88 valence electrons. The van der Waals surface area contributed by atoms with Crippen LogP contribution < -0.4 is 5.73 Å². The van der Waals surface area contributed by atoms with Crippen molar-refractivity contribution >= 4 is 0 Å². The van der Waals surface area contributed by atoms with Crippen LogP contribution in [0.25, 0.3) is 0 Å². The predicted molar refractivity (Wildman–Crippen MR) is 63.9 cm³/mol. The lowest BCUT2D eigenvalue weighted by atomic mass is 9.80. The van der Waals surface area contributed by atoms with Crippen LogP contribution in [0, 0.1) is 0 Å². The molecule has 2 fully saturated rings. The lowest BCUT2D eigenvalue weighted by molar-refractivity contribution is 0.0194. The molecule has 15 heavy (non-hydrogen) atoms. The van der Waals surface area contributed by atoms with Crippen molar-refractivity contribution in [3.63, 3.8) is 0 Å². The fourth-order valence-corrected chi connectivity index (χ4v) is 3.14. The first-order valence-electron chi connectivity index (χ1n) is 6.40. The summed E-state index contributed by atoms with van der Waals surface area (Å²) in [7, 11) is 2.22. The molecule has 2 N–H and O–H groups in total. The van der Waals surface area contributed by atoms with Crippen LogP contribution in [0.5, 0.6) is 0 Å². The molecule has 0 aromatic rings. The van der Waals surface area contributed by atoms with Gasteiger partial charge in [-0.3, -0.25) is 4.90 Å². The molecule has 0 aromatic carbocycles. The van der Waals surface area contributed by atoms with Crippen molar-refractivity contribution in [2.75, 3.05) is 39.8 Å². The third kappa shape index (κ3) is 2.35. The SMILES string of the molecule is CN1CCN(C2(CN)CCCCC2)CC1. The maximum absolute atomic E-state index is 6.05. The van der Waals surface area contributed by atoms with Crippen LogP contribution in [0.1, 0.15) is 32.1 Å². The molecule has 1 aliphatic heterocycles. The normalized spacial score (nSPS) is 29.2. The maximum Gasteiger partial charge on any atom is 0.0332 e. The minimum Gasteiger partial charge on any atom is -0.329 e. The van der Waals surface area contributed by atoms with E-state index >= 15 is 0 Å². The van der Waals surface area contributed by atoms with E-state index in [9.17, 15) is 0 Å². The van der Waals surface area contributed by atoms with Gasteiger partial charge in [0.25, 0.3) is 0 Å². The van der Waals surface area contributed by atoms with Crippen LogP contribution in [-0.2, 0) is 0 Å². The van der Waals surface area contributed by atoms with E-state index in [1.165, 1.54) is 58.3 Å². The molecule has 1 heterocycles. The standard InChI is InChI=1S/C12H25N3/c1-14-7-9-15(10-8-14)12(11-13)5-3-2-4-6-12/h2-11,13H2,1H3. The van der Waals surface area contributed by atoms with Crippen molar-refractivity contribution in [3.05, 3.63) is 0 Å². The molecule has 0 atom stereocenters. The Balaban J connectivity index is 1.98. The van der Waals surface area contributed by atoms with Crippen LogP contribution in [-0.4, -0.2) is 55.1 Å². The van der Waals surface area contributed by atoms with Gasteiger partial charge in [0.05, 0.1) is 0 Å². The number of hydrogen-bond acceptors (Lipinski definition) is 3. The minimum absolute atomic E-state index is 0.361. The summed E-state index contributed by atoms with van der Waals surface area (Å²) in [6.07, 6.45) is 6.82. The summed E-state index contributed by atoms with van der Waals surface area (Å²) in [6.45, 7) is 5.71. The topological polar surface area (TPSA) is 32.5 Å². The quantitative estimate of drug-likeness (QED) is 0.736. The molecule has 2 aliphatic rings. The van der Waals surface area contributed by atoms with Gasteiger partial charge in [-0.05, 0) is 19.9 Å². The van der Waals surface area contributed by atoms with Crippen LogP contribution in [0.3, 0.4) is 0 Å². The number of likely N-dealkylation sites (N-methyl/N-ethyl adjacent to an activating group) is 1. The summed E-state index contributed by atoms with van der Waals surface area (Å²) < 4.78 is 0. The van der Waals surface area contributed by atoms with Gasteiger partial charge in [-0.2, -0.15) is 0 Å². The summed E-state index contributed by atoms with van der Waals surface area (Å²) in [5.41, 5.74) is 6.41. The highest BCUT2D eigenvalue weighted by Crippen LogP contribution is 2.33. The number of rotatable bonds is 2. The Labute approximate surface area is 93.6 Å².